The highest BCUT2D eigenvalue weighted by Crippen LogP contribution is 2.35. The third kappa shape index (κ3) is 5.65. The fraction of sp³-hybridized carbons (Fsp3) is 0.308. The summed E-state index contributed by atoms with van der Waals surface area (Å²) in [7, 11) is 0. The summed E-state index contributed by atoms with van der Waals surface area (Å²) in [5.41, 5.74) is 0.205. The van der Waals surface area contributed by atoms with E-state index in [1.54, 1.807) is 30.5 Å². The van der Waals surface area contributed by atoms with Gasteiger partial charge in [-0.15, -0.1) is 0 Å². The molecule has 8 nitrogen and oxygen atoms in total. The second kappa shape index (κ2) is 9.72. The molecule has 2 N–H and O–H groups in total. The number of rotatable bonds is 8. The van der Waals surface area contributed by atoms with Gasteiger partial charge >= 0.3 is 6.18 Å². The van der Waals surface area contributed by atoms with Gasteiger partial charge in [0.05, 0.1) is 17.6 Å². The highest BCUT2D eigenvalue weighted by Gasteiger charge is 2.38. The molecule has 0 aliphatic heterocycles. The number of anilines is 2. The lowest BCUT2D eigenvalue weighted by molar-refractivity contribution is -0.140. The van der Waals surface area contributed by atoms with Gasteiger partial charge in [-0.1, -0.05) is 26.0 Å². The quantitative estimate of drug-likeness (QED) is 0.296. The number of amides is 1. The summed E-state index contributed by atoms with van der Waals surface area (Å²) in [6, 6.07) is 10.4. The molecular weight excluding hydrogens is 485 g/mol. The van der Waals surface area contributed by atoms with Crippen molar-refractivity contribution in [2.75, 3.05) is 17.2 Å². The van der Waals surface area contributed by atoms with E-state index in [9.17, 15) is 18.0 Å². The molecule has 37 heavy (non-hydrogen) atoms. The van der Waals surface area contributed by atoms with E-state index >= 15 is 0 Å². The Morgan fingerprint density at radius 1 is 1.19 bits per heavy atom. The van der Waals surface area contributed by atoms with Gasteiger partial charge in [0.25, 0.3) is 5.91 Å². The molecule has 3 heterocycles. The predicted octanol–water partition coefficient (Wildman–Crippen LogP) is 6.14. The minimum atomic E-state index is -4.78. The Morgan fingerprint density at radius 3 is 2.62 bits per heavy atom. The van der Waals surface area contributed by atoms with Crippen molar-refractivity contribution in [3.63, 3.8) is 0 Å². The molecule has 0 atom stereocenters. The summed E-state index contributed by atoms with van der Waals surface area (Å²) in [4.78, 5) is 21.2. The molecule has 1 aliphatic carbocycles. The second-order valence-corrected chi connectivity index (χ2v) is 9.33. The highest BCUT2D eigenvalue weighted by atomic mass is 19.4. The molecule has 0 unspecified atom stereocenters. The number of benzene rings is 1. The average molecular weight is 511 g/mol. The van der Waals surface area contributed by atoms with Crippen LogP contribution in [0.3, 0.4) is 0 Å². The van der Waals surface area contributed by atoms with Crippen LogP contribution < -0.4 is 10.6 Å². The Balaban J connectivity index is 1.35. The SMILES string of the molecule is CC(C)c1ccc(-n2cc(NC(=O)c3coc(-c4ccnc(NCC5CC5)c4)n3)c(C(F)(F)F)n2)cc1. The lowest BCUT2D eigenvalue weighted by atomic mass is 10.0. The fourth-order valence-electron chi connectivity index (χ4n) is 3.75. The summed E-state index contributed by atoms with van der Waals surface area (Å²) in [6.07, 6.45) is 1.44. The van der Waals surface area contributed by atoms with Gasteiger partial charge in [-0.25, -0.2) is 14.6 Å². The van der Waals surface area contributed by atoms with Crippen molar-refractivity contribution in [1.82, 2.24) is 19.7 Å². The van der Waals surface area contributed by atoms with Crippen LogP contribution in [0.15, 0.2) is 59.5 Å². The van der Waals surface area contributed by atoms with Gasteiger partial charge in [-0.2, -0.15) is 18.3 Å². The van der Waals surface area contributed by atoms with Gasteiger partial charge in [0.15, 0.2) is 11.4 Å². The summed E-state index contributed by atoms with van der Waals surface area (Å²) < 4.78 is 47.6. The Labute approximate surface area is 210 Å². The van der Waals surface area contributed by atoms with Crippen molar-refractivity contribution in [2.24, 2.45) is 5.92 Å². The third-order valence-electron chi connectivity index (χ3n) is 6.07. The molecule has 1 aliphatic rings. The lowest BCUT2D eigenvalue weighted by Gasteiger charge is -2.07. The van der Waals surface area contributed by atoms with Crippen LogP contribution in [0.5, 0.6) is 0 Å². The Morgan fingerprint density at radius 2 is 1.95 bits per heavy atom. The van der Waals surface area contributed by atoms with Crippen LogP contribution >= 0.6 is 0 Å². The zero-order valence-corrected chi connectivity index (χ0v) is 20.2. The first kappa shape index (κ1) is 24.5. The number of carbonyl (C=O) groups excluding carboxylic acids is 1. The van der Waals surface area contributed by atoms with Crippen LogP contribution in [0.4, 0.5) is 24.7 Å². The first-order valence-corrected chi connectivity index (χ1v) is 11.9. The number of hydrogen-bond acceptors (Lipinski definition) is 6. The first-order chi connectivity index (χ1) is 17.7. The van der Waals surface area contributed by atoms with Crippen LogP contribution in [0.1, 0.15) is 54.4 Å². The van der Waals surface area contributed by atoms with E-state index in [4.69, 9.17) is 4.42 Å². The largest absolute Gasteiger partial charge is 0.444 e. The van der Waals surface area contributed by atoms with E-state index < -0.39 is 23.5 Å². The number of nitrogens with one attached hydrogen (secondary N) is 2. The Kier molecular flexibility index (Phi) is 6.45. The standard InChI is InChI=1S/C26H25F3N6O2/c1-15(2)17-5-7-19(8-6-17)35-13-20(23(34-35)26(27,28)29)32-24(36)21-14-37-25(33-21)18-9-10-30-22(11-18)31-12-16-3-4-16/h5-11,13-16H,3-4,12H2,1-2H3,(H,30,31)(H,32,36). The second-order valence-electron chi connectivity index (χ2n) is 9.33. The zero-order valence-electron chi connectivity index (χ0n) is 20.2. The average Bonchev–Trinajstić information content (AvgIpc) is 3.38. The smallest absolute Gasteiger partial charge is 0.437 e. The summed E-state index contributed by atoms with van der Waals surface area (Å²) in [5.74, 6) is 0.887. The van der Waals surface area contributed by atoms with E-state index in [1.165, 1.54) is 12.8 Å². The molecule has 5 rings (SSSR count). The molecule has 0 radical (unpaired) electrons. The number of nitrogens with zero attached hydrogens (tertiary/aromatic N) is 4. The van der Waals surface area contributed by atoms with E-state index in [1.807, 2.05) is 26.0 Å². The van der Waals surface area contributed by atoms with Gasteiger partial charge in [-0.05, 0) is 54.5 Å². The number of carbonyl (C=O) groups is 1. The lowest BCUT2D eigenvalue weighted by Crippen LogP contribution is -2.16. The first-order valence-electron chi connectivity index (χ1n) is 11.9. The topological polar surface area (TPSA) is 97.9 Å². The molecule has 4 aromatic rings. The molecule has 192 valence electrons. The Bertz CT molecular complexity index is 1400. The molecule has 11 heteroatoms. The molecule has 0 bridgehead atoms. The number of oxazole rings is 1. The molecule has 3 aromatic heterocycles. The van der Waals surface area contributed by atoms with Gasteiger partial charge in [0.1, 0.15) is 12.1 Å². The highest BCUT2D eigenvalue weighted by molar-refractivity contribution is 6.03. The normalized spacial score (nSPS) is 13.7. The van der Waals surface area contributed by atoms with E-state index in [2.05, 4.69) is 25.7 Å². The number of halogens is 3. The number of alkyl halides is 3. The molecule has 1 saturated carbocycles. The van der Waals surface area contributed by atoms with E-state index in [-0.39, 0.29) is 17.5 Å². The monoisotopic (exact) mass is 510 g/mol. The number of aromatic nitrogens is 4. The molecule has 1 amide bonds. The maximum Gasteiger partial charge on any atom is 0.437 e. The molecule has 1 aromatic carbocycles. The molecular formula is C26H25F3N6O2. The van der Waals surface area contributed by atoms with Gasteiger partial charge in [-0.3, -0.25) is 4.79 Å². The summed E-state index contributed by atoms with van der Waals surface area (Å²) >= 11 is 0. The van der Waals surface area contributed by atoms with Crippen molar-refractivity contribution in [1.29, 1.82) is 0 Å². The van der Waals surface area contributed by atoms with Crippen LogP contribution in [0.25, 0.3) is 17.1 Å². The predicted molar refractivity (Wildman–Crippen MR) is 132 cm³/mol. The van der Waals surface area contributed by atoms with Crippen molar-refractivity contribution in [3.8, 4) is 17.1 Å². The number of hydrogen-bond donors (Lipinski definition) is 2. The number of pyridine rings is 1. The van der Waals surface area contributed by atoms with Crippen LogP contribution in [0, 0.1) is 5.92 Å². The fourth-order valence-corrected chi connectivity index (χ4v) is 3.75. The van der Waals surface area contributed by atoms with Crippen LogP contribution in [-0.2, 0) is 6.18 Å². The third-order valence-corrected chi connectivity index (χ3v) is 6.07. The molecule has 0 spiro atoms. The molecule has 0 saturated heterocycles. The van der Waals surface area contributed by atoms with Gasteiger partial charge < -0.3 is 15.1 Å². The minimum absolute atomic E-state index is 0.152. The maximum absolute atomic E-state index is 13.7. The summed E-state index contributed by atoms with van der Waals surface area (Å²) in [6.45, 7) is 4.87. The van der Waals surface area contributed by atoms with Crippen molar-refractivity contribution < 1.29 is 22.4 Å². The molecule has 1 fully saturated rings. The van der Waals surface area contributed by atoms with Crippen molar-refractivity contribution >= 4 is 17.4 Å². The van der Waals surface area contributed by atoms with Crippen LogP contribution in [0.2, 0.25) is 0 Å². The summed E-state index contributed by atoms with van der Waals surface area (Å²) in [5, 5.41) is 9.22. The van der Waals surface area contributed by atoms with Crippen LogP contribution in [-0.4, -0.2) is 32.2 Å². The van der Waals surface area contributed by atoms with Gasteiger partial charge in [0.2, 0.25) is 5.89 Å². The van der Waals surface area contributed by atoms with E-state index in [0.29, 0.717) is 23.0 Å². The van der Waals surface area contributed by atoms with Crippen molar-refractivity contribution in [2.45, 2.75) is 38.8 Å². The van der Waals surface area contributed by atoms with E-state index in [0.717, 1.165) is 29.3 Å². The minimum Gasteiger partial charge on any atom is -0.444 e. The van der Waals surface area contributed by atoms with Gasteiger partial charge in [0, 0.05) is 18.3 Å². The van der Waals surface area contributed by atoms with Crippen molar-refractivity contribution in [3.05, 3.63) is 72.0 Å². The Hall–Kier alpha value is -4.15. The zero-order chi connectivity index (χ0) is 26.2. The maximum atomic E-state index is 13.7.